The van der Waals surface area contributed by atoms with E-state index in [0.717, 1.165) is 36.0 Å². The lowest BCUT2D eigenvalue weighted by molar-refractivity contribution is -0.384. The first-order valence-electron chi connectivity index (χ1n) is 10.2. The van der Waals surface area contributed by atoms with Gasteiger partial charge in [-0.1, -0.05) is 29.3 Å². The van der Waals surface area contributed by atoms with E-state index in [1.54, 1.807) is 24.3 Å². The summed E-state index contributed by atoms with van der Waals surface area (Å²) in [6.07, 6.45) is 1.57. The van der Waals surface area contributed by atoms with E-state index in [-0.39, 0.29) is 28.0 Å². The third-order valence-electron chi connectivity index (χ3n) is 4.80. The van der Waals surface area contributed by atoms with Crippen LogP contribution in [0.2, 0.25) is 10.0 Å². The molecule has 1 aliphatic rings. The molecule has 0 atom stereocenters. The number of benzene rings is 3. The fourth-order valence-corrected chi connectivity index (χ4v) is 5.16. The number of nitro groups is 1. The molecule has 0 radical (unpaired) electrons. The number of aliphatic imine (C=N–C) groups is 1. The van der Waals surface area contributed by atoms with Crippen molar-refractivity contribution in [3.05, 3.63) is 91.3 Å². The fraction of sp³-hybridized carbons (Fsp3) is 0.0435. The zero-order valence-electron chi connectivity index (χ0n) is 18.7. The van der Waals surface area contributed by atoms with Crippen LogP contribution in [-0.4, -0.2) is 31.5 Å². The molecule has 1 N–H and O–H groups in total. The Labute approximate surface area is 225 Å². The number of amides is 1. The number of amidine groups is 1. The van der Waals surface area contributed by atoms with Gasteiger partial charge in [-0.3, -0.25) is 14.9 Å². The molecule has 3 aromatic carbocycles. The molecule has 0 spiro atoms. The molecule has 4 rings (SSSR count). The second kappa shape index (κ2) is 10.8. The van der Waals surface area contributed by atoms with Gasteiger partial charge in [-0.25, -0.2) is 4.99 Å². The Balaban J connectivity index is 1.55. The minimum atomic E-state index is -4.30. The Morgan fingerprint density at radius 1 is 1.05 bits per heavy atom. The molecule has 0 aliphatic carbocycles. The summed E-state index contributed by atoms with van der Waals surface area (Å²) in [6.45, 7) is 0. The molecule has 3 aromatic rings. The van der Waals surface area contributed by atoms with Crippen LogP contribution in [0.25, 0.3) is 6.08 Å². The molecular formula is C23H15Cl2N3O7S2. The summed E-state index contributed by atoms with van der Waals surface area (Å²) in [5.74, 6) is -0.408. The summed E-state index contributed by atoms with van der Waals surface area (Å²) in [4.78, 5) is 27.0. The van der Waals surface area contributed by atoms with E-state index in [1.165, 1.54) is 25.3 Å². The maximum Gasteiger partial charge on any atom is 0.339 e. The highest BCUT2D eigenvalue weighted by Gasteiger charge is 2.25. The van der Waals surface area contributed by atoms with Crippen molar-refractivity contribution in [1.82, 2.24) is 5.32 Å². The summed E-state index contributed by atoms with van der Waals surface area (Å²) in [5.41, 5.74) is 0.666. The van der Waals surface area contributed by atoms with Gasteiger partial charge in [0.15, 0.2) is 16.7 Å². The van der Waals surface area contributed by atoms with Crippen LogP contribution in [0.3, 0.4) is 0 Å². The van der Waals surface area contributed by atoms with Gasteiger partial charge < -0.3 is 14.2 Å². The Hall–Kier alpha value is -3.58. The quantitative estimate of drug-likeness (QED) is 0.166. The van der Waals surface area contributed by atoms with E-state index in [2.05, 4.69) is 10.3 Å². The van der Waals surface area contributed by atoms with Crippen LogP contribution in [-0.2, 0) is 14.9 Å². The van der Waals surface area contributed by atoms with Crippen molar-refractivity contribution in [3.63, 3.8) is 0 Å². The fourth-order valence-electron chi connectivity index (χ4n) is 3.06. The summed E-state index contributed by atoms with van der Waals surface area (Å²) >= 11 is 13.2. The molecule has 1 heterocycles. The van der Waals surface area contributed by atoms with Gasteiger partial charge in [0.05, 0.1) is 27.6 Å². The Bertz CT molecular complexity index is 1570. The van der Waals surface area contributed by atoms with Crippen LogP contribution in [0.4, 0.5) is 11.4 Å². The maximum atomic E-state index is 12.6. The molecule has 1 fully saturated rings. The minimum Gasteiger partial charge on any atom is -0.493 e. The molecule has 0 unspecified atom stereocenters. The van der Waals surface area contributed by atoms with E-state index in [0.29, 0.717) is 31.4 Å². The molecule has 0 aromatic heterocycles. The van der Waals surface area contributed by atoms with Crippen molar-refractivity contribution in [2.45, 2.75) is 4.90 Å². The molecule has 0 bridgehead atoms. The number of nitro benzene ring substituents is 1. The van der Waals surface area contributed by atoms with Gasteiger partial charge in [-0.05, 0) is 65.9 Å². The molecule has 1 aliphatic heterocycles. The highest BCUT2D eigenvalue weighted by Crippen LogP contribution is 2.35. The molecule has 190 valence electrons. The van der Waals surface area contributed by atoms with Crippen molar-refractivity contribution in [2.75, 3.05) is 7.11 Å². The highest BCUT2D eigenvalue weighted by atomic mass is 35.5. The number of non-ortho nitro benzene ring substituents is 1. The van der Waals surface area contributed by atoms with Crippen LogP contribution in [0.15, 0.2) is 75.5 Å². The average Bonchev–Trinajstić information content (AvgIpc) is 3.20. The van der Waals surface area contributed by atoms with Gasteiger partial charge in [0.25, 0.3) is 11.6 Å². The van der Waals surface area contributed by atoms with Crippen molar-refractivity contribution in [1.29, 1.82) is 0 Å². The van der Waals surface area contributed by atoms with Crippen LogP contribution in [0, 0.1) is 10.1 Å². The second-order valence-corrected chi connectivity index (χ2v) is 10.7. The summed E-state index contributed by atoms with van der Waals surface area (Å²) < 4.78 is 35.7. The zero-order valence-corrected chi connectivity index (χ0v) is 21.8. The van der Waals surface area contributed by atoms with Crippen molar-refractivity contribution in [3.8, 4) is 11.5 Å². The summed E-state index contributed by atoms with van der Waals surface area (Å²) in [7, 11) is -2.97. The first kappa shape index (κ1) is 26.5. The standard InChI is InChI=1S/C23H15Cl2N3O7S2/c1-34-20-10-13(2-9-19(20)35-37(32,33)16-6-4-15(5-7-16)28(30)31)11-21-22(29)27-23(36-21)26-18-12-14(24)3-8-17(18)25/h2-12H,1H3,(H,26,27,29)/b21-11+. The van der Waals surface area contributed by atoms with E-state index in [4.69, 9.17) is 32.1 Å². The monoisotopic (exact) mass is 579 g/mol. The predicted octanol–water partition coefficient (Wildman–Crippen LogP) is 5.57. The predicted molar refractivity (Wildman–Crippen MR) is 141 cm³/mol. The van der Waals surface area contributed by atoms with Gasteiger partial charge in [0, 0.05) is 17.2 Å². The lowest BCUT2D eigenvalue weighted by Crippen LogP contribution is -2.19. The molecular weight excluding hydrogens is 565 g/mol. The normalized spacial score (nSPS) is 15.6. The van der Waals surface area contributed by atoms with Crippen LogP contribution in [0.5, 0.6) is 11.5 Å². The number of methoxy groups -OCH3 is 1. The number of nitrogens with zero attached hydrogens (tertiary/aromatic N) is 2. The molecule has 10 nitrogen and oxygen atoms in total. The Morgan fingerprint density at radius 3 is 2.46 bits per heavy atom. The zero-order chi connectivity index (χ0) is 26.7. The average molecular weight is 580 g/mol. The maximum absolute atomic E-state index is 12.6. The number of nitrogens with one attached hydrogen (secondary N) is 1. The lowest BCUT2D eigenvalue weighted by Gasteiger charge is -2.11. The number of carbonyl (C=O) groups is 1. The van der Waals surface area contributed by atoms with Gasteiger partial charge in [-0.2, -0.15) is 8.42 Å². The van der Waals surface area contributed by atoms with Gasteiger partial charge in [0.1, 0.15) is 4.90 Å². The number of ether oxygens (including phenoxy) is 1. The smallest absolute Gasteiger partial charge is 0.339 e. The number of rotatable bonds is 7. The second-order valence-electron chi connectivity index (χ2n) is 7.28. The van der Waals surface area contributed by atoms with Gasteiger partial charge >= 0.3 is 10.1 Å². The van der Waals surface area contributed by atoms with E-state index in [9.17, 15) is 23.3 Å². The topological polar surface area (TPSA) is 137 Å². The number of halogens is 2. The number of carbonyl (C=O) groups excluding carboxylic acids is 1. The minimum absolute atomic E-state index is 0.0860. The SMILES string of the molecule is COc1cc(/C=C2/SC(=Nc3cc(Cl)ccc3Cl)NC2=O)ccc1OS(=O)(=O)c1ccc([N+](=O)[O-])cc1. The molecule has 1 amide bonds. The number of hydrogen-bond donors (Lipinski definition) is 1. The number of hydrogen-bond acceptors (Lipinski definition) is 9. The van der Waals surface area contributed by atoms with E-state index in [1.807, 2.05) is 0 Å². The molecule has 37 heavy (non-hydrogen) atoms. The van der Waals surface area contributed by atoms with Crippen molar-refractivity contribution in [2.24, 2.45) is 4.99 Å². The van der Waals surface area contributed by atoms with E-state index < -0.39 is 15.0 Å². The van der Waals surface area contributed by atoms with Crippen LogP contribution >= 0.6 is 35.0 Å². The number of thioether (sulfide) groups is 1. The molecule has 1 saturated heterocycles. The van der Waals surface area contributed by atoms with E-state index >= 15 is 0 Å². The van der Waals surface area contributed by atoms with Gasteiger partial charge in [0.2, 0.25) is 0 Å². The van der Waals surface area contributed by atoms with Gasteiger partial charge in [-0.15, -0.1) is 0 Å². The van der Waals surface area contributed by atoms with Crippen LogP contribution in [0.1, 0.15) is 5.56 Å². The molecule has 14 heteroatoms. The lowest BCUT2D eigenvalue weighted by atomic mass is 10.2. The third-order valence-corrected chi connectivity index (χ3v) is 7.52. The van der Waals surface area contributed by atoms with Crippen LogP contribution < -0.4 is 14.2 Å². The summed E-state index contributed by atoms with van der Waals surface area (Å²) in [6, 6.07) is 13.4. The largest absolute Gasteiger partial charge is 0.493 e. The summed E-state index contributed by atoms with van der Waals surface area (Å²) in [5, 5.41) is 14.6. The van der Waals surface area contributed by atoms with Crippen molar-refractivity contribution >= 4 is 73.6 Å². The Kier molecular flexibility index (Phi) is 7.73. The molecule has 0 saturated carbocycles. The Morgan fingerprint density at radius 2 is 1.78 bits per heavy atom. The third kappa shape index (κ3) is 6.23. The van der Waals surface area contributed by atoms with Crippen molar-refractivity contribution < 1.29 is 27.1 Å². The first-order valence-corrected chi connectivity index (χ1v) is 13.2. The first-order chi connectivity index (χ1) is 17.6. The highest BCUT2D eigenvalue weighted by molar-refractivity contribution is 8.18.